The van der Waals surface area contributed by atoms with Crippen molar-refractivity contribution in [2.24, 2.45) is 0 Å². The van der Waals surface area contributed by atoms with Crippen LogP contribution in [0, 0.1) is 0 Å². The summed E-state index contributed by atoms with van der Waals surface area (Å²) in [6, 6.07) is 11.2. The second-order valence-electron chi connectivity index (χ2n) is 11.4. The van der Waals surface area contributed by atoms with Crippen LogP contribution in [0.15, 0.2) is 48.8 Å². The van der Waals surface area contributed by atoms with Gasteiger partial charge in [0.15, 0.2) is 0 Å². The summed E-state index contributed by atoms with van der Waals surface area (Å²) in [5.41, 5.74) is 2.56. The van der Waals surface area contributed by atoms with Crippen molar-refractivity contribution in [3.05, 3.63) is 60.0 Å². The minimum atomic E-state index is -0.672. The fourth-order valence-corrected chi connectivity index (χ4v) is 6.12. The van der Waals surface area contributed by atoms with Crippen molar-refractivity contribution in [3.63, 3.8) is 0 Å². The van der Waals surface area contributed by atoms with Gasteiger partial charge in [-0.3, -0.25) is 19.5 Å². The molecule has 0 saturated carbocycles. The number of H-pyrrole nitrogens is 2. The van der Waals surface area contributed by atoms with Crippen LogP contribution in [0.4, 0.5) is 5.95 Å². The first-order valence-corrected chi connectivity index (χ1v) is 15.5. The van der Waals surface area contributed by atoms with E-state index in [-0.39, 0.29) is 11.5 Å². The van der Waals surface area contributed by atoms with E-state index in [4.69, 9.17) is 4.74 Å². The Morgan fingerprint density at radius 1 is 1.02 bits per heavy atom. The van der Waals surface area contributed by atoms with E-state index >= 15 is 0 Å². The third-order valence-corrected chi connectivity index (χ3v) is 8.61. The Hall–Kier alpha value is -5.64. The molecule has 5 aromatic rings. The number of aromatic amines is 2. The monoisotopic (exact) mass is 638 g/mol. The minimum absolute atomic E-state index is 0.163. The third kappa shape index (κ3) is 5.90. The van der Waals surface area contributed by atoms with Gasteiger partial charge < -0.3 is 29.7 Å². The maximum Gasteiger partial charge on any atom is 0.295 e. The summed E-state index contributed by atoms with van der Waals surface area (Å²) in [5, 5.41) is 22.6. The summed E-state index contributed by atoms with van der Waals surface area (Å²) in [7, 11) is 1.47. The first kappa shape index (κ1) is 30.0. The summed E-state index contributed by atoms with van der Waals surface area (Å²) in [6.07, 6.45) is 5.35. The lowest BCUT2D eigenvalue weighted by molar-refractivity contribution is -0.126. The van der Waals surface area contributed by atoms with E-state index in [0.29, 0.717) is 72.4 Å². The minimum Gasteiger partial charge on any atom is -0.494 e. The Morgan fingerprint density at radius 2 is 1.81 bits per heavy atom. The van der Waals surface area contributed by atoms with Crippen LogP contribution in [0.2, 0.25) is 0 Å². The van der Waals surface area contributed by atoms with Gasteiger partial charge in [0, 0.05) is 45.5 Å². The number of benzene rings is 1. The van der Waals surface area contributed by atoms with Crippen LogP contribution >= 0.6 is 0 Å². The third-order valence-electron chi connectivity index (χ3n) is 8.61. The number of amides is 2. The number of Topliss-reactive ketones (excluding diaryl/α,β-unsaturated/α-hetero) is 1. The number of methoxy groups -OCH3 is 1. The second kappa shape index (κ2) is 13.0. The van der Waals surface area contributed by atoms with Crippen LogP contribution in [0.1, 0.15) is 33.7 Å². The number of aromatic nitrogens is 8. The highest BCUT2D eigenvalue weighted by molar-refractivity contribution is 6.45. The molecular formula is C31H34N12O4. The number of carbonyl (C=O) groups is 3. The number of tetrazole rings is 1. The number of carbonyl (C=O) groups excluding carboxylic acids is 3. The van der Waals surface area contributed by atoms with Gasteiger partial charge in [0.2, 0.25) is 5.95 Å². The van der Waals surface area contributed by atoms with Gasteiger partial charge >= 0.3 is 0 Å². The van der Waals surface area contributed by atoms with Crippen LogP contribution in [0.25, 0.3) is 28.0 Å². The largest absolute Gasteiger partial charge is 0.494 e. The Balaban J connectivity index is 1.05. The molecule has 2 saturated heterocycles. The quantitative estimate of drug-likeness (QED) is 0.148. The number of rotatable bonds is 10. The van der Waals surface area contributed by atoms with Crippen molar-refractivity contribution in [2.75, 3.05) is 64.4 Å². The molecule has 0 spiro atoms. The molecule has 16 nitrogen and oxygen atoms in total. The van der Waals surface area contributed by atoms with E-state index in [9.17, 15) is 14.4 Å². The van der Waals surface area contributed by atoms with Crippen molar-refractivity contribution in [2.45, 2.75) is 12.8 Å². The van der Waals surface area contributed by atoms with Gasteiger partial charge in [0.25, 0.3) is 17.6 Å². The molecule has 0 bridgehead atoms. The van der Waals surface area contributed by atoms with Gasteiger partial charge in [-0.15, -0.1) is 0 Å². The number of fused-ring (bicyclic) bond motifs is 1. The average molecular weight is 639 g/mol. The van der Waals surface area contributed by atoms with Crippen molar-refractivity contribution in [1.82, 2.24) is 55.5 Å². The van der Waals surface area contributed by atoms with Gasteiger partial charge in [-0.25, -0.2) is 4.98 Å². The number of para-hydroxylation sites is 1. The lowest BCUT2D eigenvalue weighted by Gasteiger charge is -2.34. The van der Waals surface area contributed by atoms with Gasteiger partial charge in [-0.2, -0.15) is 9.78 Å². The van der Waals surface area contributed by atoms with Gasteiger partial charge in [0.05, 0.1) is 35.5 Å². The molecular weight excluding hydrogens is 604 g/mol. The molecule has 2 aliphatic rings. The van der Waals surface area contributed by atoms with Crippen molar-refractivity contribution in [3.8, 4) is 22.8 Å². The number of nitrogens with zero attached hydrogens (tertiary/aromatic N) is 9. The molecule has 2 aliphatic heterocycles. The highest BCUT2D eigenvalue weighted by atomic mass is 16.5. The topological polar surface area (TPSA) is 183 Å². The number of anilines is 1. The molecule has 6 heterocycles. The van der Waals surface area contributed by atoms with E-state index in [0.717, 1.165) is 25.3 Å². The maximum atomic E-state index is 13.7. The van der Waals surface area contributed by atoms with Crippen molar-refractivity contribution < 1.29 is 19.1 Å². The summed E-state index contributed by atoms with van der Waals surface area (Å²) in [5.74, 6) is -0.667. The molecule has 7 rings (SSSR count). The van der Waals surface area contributed by atoms with Crippen LogP contribution in [0.5, 0.6) is 5.75 Å². The maximum absolute atomic E-state index is 13.7. The molecule has 0 unspecified atom stereocenters. The number of nitrogens with one attached hydrogen (secondary N) is 3. The summed E-state index contributed by atoms with van der Waals surface area (Å²) in [6.45, 7) is 4.98. The van der Waals surface area contributed by atoms with Gasteiger partial charge in [0.1, 0.15) is 22.8 Å². The van der Waals surface area contributed by atoms with Gasteiger partial charge in [-0.05, 0) is 54.6 Å². The van der Waals surface area contributed by atoms with Crippen molar-refractivity contribution in [1.29, 1.82) is 0 Å². The zero-order valence-corrected chi connectivity index (χ0v) is 25.8. The molecule has 2 fully saturated rings. The van der Waals surface area contributed by atoms with E-state index in [1.807, 2.05) is 35.2 Å². The van der Waals surface area contributed by atoms with Crippen molar-refractivity contribution >= 4 is 34.4 Å². The molecule has 47 heavy (non-hydrogen) atoms. The normalized spacial score (nSPS) is 15.3. The lowest BCUT2D eigenvalue weighted by atomic mass is 10.1. The van der Waals surface area contributed by atoms with Crippen LogP contribution in [-0.4, -0.2) is 127 Å². The fraction of sp³-hybridized carbons (Fsp3) is 0.355. The van der Waals surface area contributed by atoms with E-state index in [1.165, 1.54) is 37.2 Å². The zero-order valence-electron chi connectivity index (χ0n) is 25.8. The number of pyridine rings is 1. The number of piperazine rings is 1. The Labute approximate surface area is 269 Å². The van der Waals surface area contributed by atoms with E-state index in [2.05, 4.69) is 45.9 Å². The van der Waals surface area contributed by atoms with E-state index < -0.39 is 11.7 Å². The standard InChI is InChI=1S/C31H34N12O4/c1-47-24-19-34-26(22-17-23(36-35-22)29(45)32-9-12-40-10-5-6-11-40)27-25(24)21(18-33-27)28(44)30(46)41-13-15-42(16-14-41)31-37-38-39-43(31)20-7-3-2-4-8-20/h2-4,7-8,17-19,33H,5-6,9-16H2,1H3,(H,32,45)(H,35,36). The summed E-state index contributed by atoms with van der Waals surface area (Å²) in [4.78, 5) is 53.4. The molecule has 2 amide bonds. The number of hydrogen-bond acceptors (Lipinski definition) is 11. The smallest absolute Gasteiger partial charge is 0.295 e. The highest BCUT2D eigenvalue weighted by Gasteiger charge is 2.31. The molecule has 0 aliphatic carbocycles. The predicted octanol–water partition coefficient (Wildman–Crippen LogP) is 1.29. The highest BCUT2D eigenvalue weighted by Crippen LogP contribution is 2.34. The number of ether oxygens (including phenoxy) is 1. The molecule has 242 valence electrons. The first-order chi connectivity index (χ1) is 23.0. The lowest BCUT2D eigenvalue weighted by Crippen LogP contribution is -2.51. The molecule has 1 aromatic carbocycles. The zero-order chi connectivity index (χ0) is 32.3. The SMILES string of the molecule is COc1cnc(-c2cc(C(=O)NCCN3CCCC3)[nH]n2)c2[nH]cc(C(=O)C(=O)N3CCN(c4nnnn4-c4ccccc4)CC3)c12. The van der Waals surface area contributed by atoms with Crippen LogP contribution in [-0.2, 0) is 4.79 Å². The second-order valence-corrected chi connectivity index (χ2v) is 11.4. The first-order valence-electron chi connectivity index (χ1n) is 15.5. The summed E-state index contributed by atoms with van der Waals surface area (Å²) < 4.78 is 7.19. The predicted molar refractivity (Wildman–Crippen MR) is 171 cm³/mol. The Morgan fingerprint density at radius 3 is 2.57 bits per heavy atom. The average Bonchev–Trinajstić information content (AvgIpc) is 3.95. The Bertz CT molecular complexity index is 1900. The molecule has 4 aromatic heterocycles. The molecule has 16 heteroatoms. The van der Waals surface area contributed by atoms with Crippen LogP contribution < -0.4 is 15.0 Å². The fourth-order valence-electron chi connectivity index (χ4n) is 6.12. The number of likely N-dealkylation sites (tertiary alicyclic amines) is 1. The number of hydrogen-bond donors (Lipinski definition) is 3. The molecule has 3 N–H and O–H groups in total. The summed E-state index contributed by atoms with van der Waals surface area (Å²) >= 11 is 0. The van der Waals surface area contributed by atoms with Crippen LogP contribution in [0.3, 0.4) is 0 Å². The van der Waals surface area contributed by atoms with Gasteiger partial charge in [-0.1, -0.05) is 23.3 Å². The Kier molecular flexibility index (Phi) is 8.31. The van der Waals surface area contributed by atoms with E-state index in [1.54, 1.807) is 10.7 Å². The molecule has 0 atom stereocenters. The molecule has 0 radical (unpaired) electrons. The number of ketones is 1.